The largest absolute Gasteiger partial charge is 0.790 e. The molecule has 8 atom stereocenters. The summed E-state index contributed by atoms with van der Waals surface area (Å²) in [5, 5.41) is 36.1. The molecule has 0 aliphatic carbocycles. The smallest absolute Gasteiger partial charge is 0.274 e. The number of nitrogen functional groups attached to an aromatic ring is 1. The number of phosphoric acid groups is 3. The Labute approximate surface area is 338 Å². The highest BCUT2D eigenvalue weighted by atomic mass is 32.2. The number of Topliss-reactive ketones (excluding diaryl/α,β-unsaturated/α-hetero) is 1. The van der Waals surface area contributed by atoms with Gasteiger partial charge in [-0.3, -0.25) is 32.9 Å². The second-order valence-corrected chi connectivity index (χ2v) is 18.5. The van der Waals surface area contributed by atoms with E-state index >= 15 is 0 Å². The molecule has 1 aliphatic heterocycles. The second-order valence-electron chi connectivity index (χ2n) is 13.3. The number of aliphatic hydroxyl groups is 2. The molecule has 0 bridgehead atoms. The van der Waals surface area contributed by atoms with Gasteiger partial charge in [-0.15, -0.1) is 0 Å². The molecule has 0 radical (unpaired) electrons. The van der Waals surface area contributed by atoms with Gasteiger partial charge in [-0.05, 0) is 6.42 Å². The molecule has 27 nitrogen and oxygen atoms in total. The van der Waals surface area contributed by atoms with Crippen LogP contribution in [0.2, 0.25) is 0 Å². The Bertz CT molecular complexity index is 2000. The average molecular weight is 919 g/mol. The van der Waals surface area contributed by atoms with E-state index in [0.29, 0.717) is 0 Å². The van der Waals surface area contributed by atoms with Crippen molar-refractivity contribution in [2.75, 3.05) is 37.8 Å². The highest BCUT2D eigenvalue weighted by Gasteiger charge is 2.47. The van der Waals surface area contributed by atoms with Crippen LogP contribution in [0.3, 0.4) is 0 Å². The molecule has 0 saturated carbocycles. The molecule has 2 aromatic rings. The second kappa shape index (κ2) is 21.0. The zero-order valence-corrected chi connectivity index (χ0v) is 34.6. The van der Waals surface area contributed by atoms with Crippen molar-refractivity contribution in [3.63, 3.8) is 0 Å². The number of carbonyl (C=O) groups excluding carboxylic acids is 5. The topological polar surface area (TPSA) is 432 Å². The van der Waals surface area contributed by atoms with E-state index in [-0.39, 0.29) is 42.2 Å². The minimum absolute atomic E-state index is 0.00705. The first-order valence-corrected chi connectivity index (χ1v) is 22.3. The van der Waals surface area contributed by atoms with Gasteiger partial charge in [-0.2, -0.15) is 0 Å². The van der Waals surface area contributed by atoms with Gasteiger partial charge in [0.1, 0.15) is 42.0 Å². The summed E-state index contributed by atoms with van der Waals surface area (Å²) >= 11 is 0.739. The Kier molecular flexibility index (Phi) is 17.8. The number of hydrogen-bond donors (Lipinski definition) is 5. The maximum Gasteiger partial charge on any atom is 0.274 e. The van der Waals surface area contributed by atoms with Crippen LogP contribution < -0.4 is 41.0 Å². The van der Waals surface area contributed by atoms with Crippen molar-refractivity contribution < 1.29 is 95.2 Å². The third kappa shape index (κ3) is 15.6. The van der Waals surface area contributed by atoms with Crippen molar-refractivity contribution in [2.24, 2.45) is 11.3 Å². The van der Waals surface area contributed by atoms with Crippen molar-refractivity contribution in [3.8, 4) is 0 Å². The summed E-state index contributed by atoms with van der Waals surface area (Å²) in [5.74, 6) is -4.57. The highest BCUT2D eigenvalue weighted by Crippen LogP contribution is 2.56. The SMILES string of the molecule is CC(CC(=O)[O-])C(=O)CC(=O)SCCNC(=O)CCNC(=O)[C@H](O)C(C)(C)COP(=O)([O-])OP(=O)([O-])OC[C@H]1O[C@@H](n2cnc3c(N)ncnc32)[C@H](O)[C@@H]1OP(=O)([O-])[O-]. The van der Waals surface area contributed by atoms with Crippen LogP contribution in [0, 0.1) is 11.3 Å². The van der Waals surface area contributed by atoms with Crippen molar-refractivity contribution in [1.29, 1.82) is 0 Å². The van der Waals surface area contributed by atoms with E-state index in [1.807, 2.05) is 0 Å². The Balaban J connectivity index is 1.45. The van der Waals surface area contributed by atoms with Crippen LogP contribution in [0.1, 0.15) is 46.3 Å². The van der Waals surface area contributed by atoms with Gasteiger partial charge in [-0.1, -0.05) is 32.5 Å². The lowest BCUT2D eigenvalue weighted by Crippen LogP contribution is -2.46. The van der Waals surface area contributed by atoms with Gasteiger partial charge in [0.05, 0.1) is 33.8 Å². The first-order valence-electron chi connectivity index (χ1n) is 16.9. The fourth-order valence-corrected chi connectivity index (χ4v) is 8.42. The molecule has 1 fully saturated rings. The normalized spacial score (nSPS) is 21.6. The molecule has 6 N–H and O–H groups in total. The van der Waals surface area contributed by atoms with Crippen LogP contribution in [0.15, 0.2) is 12.7 Å². The third-order valence-electron chi connectivity index (χ3n) is 8.08. The van der Waals surface area contributed by atoms with Crippen LogP contribution in [-0.2, 0) is 60.3 Å². The van der Waals surface area contributed by atoms with Gasteiger partial charge in [-0.25, -0.2) is 19.3 Å². The Hall–Kier alpha value is -3.30. The highest BCUT2D eigenvalue weighted by molar-refractivity contribution is 8.13. The summed E-state index contributed by atoms with van der Waals surface area (Å²) in [6, 6.07) is 0. The molecule has 31 heteroatoms. The molecular formula is C28H39N7O20P3S-5. The molecule has 0 aromatic carbocycles. The summed E-state index contributed by atoms with van der Waals surface area (Å²) in [4.78, 5) is 118. The Morgan fingerprint density at radius 2 is 1.71 bits per heavy atom. The number of hydrogen-bond acceptors (Lipinski definition) is 25. The van der Waals surface area contributed by atoms with E-state index in [9.17, 15) is 72.6 Å². The lowest BCUT2D eigenvalue weighted by Gasteiger charge is -2.36. The number of fused-ring (bicyclic) bond motifs is 1. The number of carboxylic acid groups (broad SMARTS) is 1. The average Bonchev–Trinajstić information content (AvgIpc) is 3.67. The lowest BCUT2D eigenvalue weighted by atomic mass is 9.87. The van der Waals surface area contributed by atoms with E-state index in [2.05, 4.69) is 43.5 Å². The number of nitrogens with two attached hydrogens (primary N) is 1. The summed E-state index contributed by atoms with van der Waals surface area (Å²) in [6.07, 6.45) is -8.90. The van der Waals surface area contributed by atoms with Crippen LogP contribution in [0.25, 0.3) is 11.2 Å². The Morgan fingerprint density at radius 1 is 1.05 bits per heavy atom. The zero-order chi connectivity index (χ0) is 44.5. The molecule has 0 spiro atoms. The molecule has 332 valence electrons. The number of ether oxygens (including phenoxy) is 1. The number of nitrogens with zero attached hydrogens (tertiary/aromatic N) is 4. The number of anilines is 1. The van der Waals surface area contributed by atoms with E-state index in [1.165, 1.54) is 6.92 Å². The summed E-state index contributed by atoms with van der Waals surface area (Å²) in [6.45, 7) is 0.999. The summed E-state index contributed by atoms with van der Waals surface area (Å²) in [5.41, 5.74) is 3.97. The van der Waals surface area contributed by atoms with Gasteiger partial charge in [0, 0.05) is 42.6 Å². The number of carbonyl (C=O) groups is 5. The van der Waals surface area contributed by atoms with E-state index in [0.717, 1.165) is 42.8 Å². The fourth-order valence-electron chi connectivity index (χ4n) is 5.00. The molecule has 1 aliphatic rings. The molecular weight excluding hydrogens is 879 g/mol. The fraction of sp³-hybridized carbons (Fsp3) is 0.643. The molecule has 3 heterocycles. The maximum absolute atomic E-state index is 12.5. The van der Waals surface area contributed by atoms with Crippen molar-refractivity contribution in [3.05, 3.63) is 12.7 Å². The number of amides is 2. The lowest BCUT2D eigenvalue weighted by molar-refractivity contribution is -0.347. The van der Waals surface area contributed by atoms with Gasteiger partial charge >= 0.3 is 0 Å². The van der Waals surface area contributed by atoms with Crippen molar-refractivity contribution >= 4 is 80.9 Å². The van der Waals surface area contributed by atoms with Crippen molar-refractivity contribution in [1.82, 2.24) is 30.2 Å². The molecule has 2 aromatic heterocycles. The molecule has 3 unspecified atom stereocenters. The Morgan fingerprint density at radius 3 is 2.36 bits per heavy atom. The summed E-state index contributed by atoms with van der Waals surface area (Å²) < 4.78 is 60.4. The molecule has 1 saturated heterocycles. The minimum atomic E-state index is -5.95. The van der Waals surface area contributed by atoms with E-state index in [4.69, 9.17) is 10.5 Å². The maximum atomic E-state index is 12.5. The van der Waals surface area contributed by atoms with Gasteiger partial charge in [0.15, 0.2) is 22.8 Å². The number of ketones is 1. The molecule has 59 heavy (non-hydrogen) atoms. The number of aliphatic hydroxyl groups excluding tert-OH is 2. The number of rotatable bonds is 24. The standard InChI is InChI=1S/C28H44N7O20P3S/c1-14(8-18(38)39)15(36)9-19(40)59-7-6-30-17(37)4-5-31-26(43)23(42)28(2,3)11-52-58(49,50)55-57(47,48)51-10-16-22(54-56(44,45)46)21(41)27(53-16)35-13-34-20-24(29)32-12-33-25(20)35/h12-14,16,21-23,27,41-42H,4-11H2,1-3H3,(H,30,37)(H,31,43)(H,38,39)(H,47,48)(H,49,50)(H2,29,32,33)(H2,44,45,46)/p-5/t14?,16-,21-,22-,23+,27-/m1/s1. The molecule has 3 rings (SSSR count). The number of carboxylic acids is 1. The number of aromatic nitrogens is 4. The van der Waals surface area contributed by atoms with Crippen LogP contribution >= 0.6 is 35.2 Å². The molecule has 2 amide bonds. The number of imidazole rings is 1. The van der Waals surface area contributed by atoms with E-state index in [1.54, 1.807) is 0 Å². The van der Waals surface area contributed by atoms with Gasteiger partial charge in [0.25, 0.3) is 15.6 Å². The number of aliphatic carboxylic acids is 1. The predicted molar refractivity (Wildman–Crippen MR) is 187 cm³/mol. The summed E-state index contributed by atoms with van der Waals surface area (Å²) in [7, 11) is -17.7. The third-order valence-corrected chi connectivity index (χ3v) is 12.0. The minimum Gasteiger partial charge on any atom is -0.790 e. The van der Waals surface area contributed by atoms with Gasteiger partial charge in [0.2, 0.25) is 11.8 Å². The monoisotopic (exact) mass is 918 g/mol. The first-order chi connectivity index (χ1) is 27.2. The van der Waals surface area contributed by atoms with Crippen LogP contribution in [-0.4, -0.2) is 115 Å². The van der Waals surface area contributed by atoms with Gasteiger partial charge < -0.3 is 78.9 Å². The van der Waals surface area contributed by atoms with Crippen LogP contribution in [0.5, 0.6) is 0 Å². The zero-order valence-electron chi connectivity index (χ0n) is 31.1. The quantitative estimate of drug-likeness (QED) is 0.0373. The number of thioether (sulfide) groups is 1. The van der Waals surface area contributed by atoms with Crippen molar-refractivity contribution in [2.45, 2.75) is 70.7 Å². The number of phosphoric ester groups is 3. The van der Waals surface area contributed by atoms with E-state index < -0.39 is 120 Å². The number of nitrogens with one attached hydrogen (secondary N) is 2. The van der Waals surface area contributed by atoms with Crippen LogP contribution in [0.4, 0.5) is 5.82 Å². The predicted octanol–water partition coefficient (Wildman–Crippen LogP) is -5.13. The first kappa shape index (κ1) is 50.1.